The molecular formula is C48H44N8O6. The molecule has 7 aromatic rings. The van der Waals surface area contributed by atoms with E-state index >= 15 is 0 Å². The molecule has 1 fully saturated rings. The smallest absolute Gasteiger partial charge is 0.267 e. The molecule has 3 aliphatic heterocycles. The molecule has 0 spiro atoms. The van der Waals surface area contributed by atoms with Crippen molar-refractivity contribution in [2.45, 2.75) is 37.8 Å². The summed E-state index contributed by atoms with van der Waals surface area (Å²) in [6, 6.07) is 38.6. The fraction of sp³-hybridized carbons (Fsp3) is 0.208. The first-order chi connectivity index (χ1) is 30.4. The van der Waals surface area contributed by atoms with Gasteiger partial charge in [0.15, 0.2) is 12.2 Å². The zero-order valence-electron chi connectivity index (χ0n) is 33.7. The van der Waals surface area contributed by atoms with Crippen LogP contribution < -0.4 is 29.9 Å². The molecular weight excluding hydrogens is 785 g/mol. The molecule has 62 heavy (non-hydrogen) atoms. The van der Waals surface area contributed by atoms with Crippen LogP contribution in [0.4, 0.5) is 17.1 Å². The van der Waals surface area contributed by atoms with Gasteiger partial charge in [-0.3, -0.25) is 9.59 Å². The first-order valence-corrected chi connectivity index (χ1v) is 20.7. The first-order valence-electron chi connectivity index (χ1n) is 20.7. The summed E-state index contributed by atoms with van der Waals surface area (Å²) in [6.45, 7) is 2.79. The number of aromatic nitrogens is 4. The van der Waals surface area contributed by atoms with E-state index in [9.17, 15) is 14.7 Å². The average Bonchev–Trinajstić information content (AvgIpc) is 4.14. The van der Waals surface area contributed by atoms with Crippen LogP contribution in [0.2, 0.25) is 0 Å². The number of aromatic hydroxyl groups is 1. The van der Waals surface area contributed by atoms with Crippen molar-refractivity contribution in [1.29, 1.82) is 0 Å². The number of hydrogen-bond acceptors (Lipinski definition) is 10. The standard InChI is InChI=1S/C48H44N8O6/c57-46-38(6-3-7-39(46)52-48(59)45-30-53(40-8-1-2-9-42(40)61-45)27-32-10-15-36(16-11-32)55-23-4-21-49-55)34-14-19-41-43(26-34)62-44(47(58)51-35-20-25-60-31-35)29-54(41)28-33-12-17-37(18-13-33)56-24-5-22-50-56/h1-19,21-24,26,35,44-45,57H,20,25,27-31H2,(H,51,58)(H,52,59). The number of phenolic OH excluding ortho intramolecular Hbond substituents is 1. The molecule has 5 aromatic carbocycles. The van der Waals surface area contributed by atoms with E-state index < -0.39 is 18.1 Å². The average molecular weight is 829 g/mol. The normalized spacial score (nSPS) is 18.0. The second-order valence-corrected chi connectivity index (χ2v) is 15.6. The van der Waals surface area contributed by atoms with Gasteiger partial charge < -0.3 is 39.8 Å². The van der Waals surface area contributed by atoms with Gasteiger partial charge in [0.05, 0.1) is 54.2 Å². The maximum Gasteiger partial charge on any atom is 0.267 e. The highest BCUT2D eigenvalue weighted by molar-refractivity contribution is 5.98. The third-order valence-electron chi connectivity index (χ3n) is 11.4. The highest BCUT2D eigenvalue weighted by atomic mass is 16.5. The zero-order valence-corrected chi connectivity index (χ0v) is 33.7. The molecule has 5 heterocycles. The van der Waals surface area contributed by atoms with Crippen molar-refractivity contribution in [2.24, 2.45) is 0 Å². The van der Waals surface area contributed by atoms with Gasteiger partial charge in [0.2, 0.25) is 0 Å². The lowest BCUT2D eigenvalue weighted by molar-refractivity contribution is -0.128. The monoisotopic (exact) mass is 828 g/mol. The molecule has 0 aliphatic carbocycles. The van der Waals surface area contributed by atoms with E-state index in [-0.39, 0.29) is 23.4 Å². The number of nitrogens with zero attached hydrogens (tertiary/aromatic N) is 6. The Morgan fingerprint density at radius 2 is 1.31 bits per heavy atom. The van der Waals surface area contributed by atoms with Crippen LogP contribution in [0.25, 0.3) is 22.5 Å². The van der Waals surface area contributed by atoms with Gasteiger partial charge in [-0.15, -0.1) is 0 Å². The number of rotatable bonds is 11. The third-order valence-corrected chi connectivity index (χ3v) is 11.4. The molecule has 3 N–H and O–H groups in total. The van der Waals surface area contributed by atoms with Crippen molar-refractivity contribution < 1.29 is 28.9 Å². The third kappa shape index (κ3) is 8.02. The Kier molecular flexibility index (Phi) is 10.5. The Hall–Kier alpha value is -7.58. The van der Waals surface area contributed by atoms with Gasteiger partial charge in [-0.25, -0.2) is 9.36 Å². The Bertz CT molecular complexity index is 2680. The SMILES string of the molecule is O=C(Nc1cccc(-c2ccc3c(c2)OC(C(=O)NC2CCOC2)CN3Cc2ccc(-n3cccn3)cc2)c1O)C1CN(Cc2ccc(-n3cccn3)cc2)c2ccccc2O1. The highest BCUT2D eigenvalue weighted by Gasteiger charge is 2.34. The van der Waals surface area contributed by atoms with E-state index in [1.54, 1.807) is 35.3 Å². The predicted octanol–water partition coefficient (Wildman–Crippen LogP) is 6.51. The van der Waals surface area contributed by atoms with Crippen molar-refractivity contribution in [2.75, 3.05) is 41.4 Å². The Morgan fingerprint density at radius 3 is 1.94 bits per heavy atom. The van der Waals surface area contributed by atoms with Gasteiger partial charge in [0.25, 0.3) is 11.8 Å². The van der Waals surface area contributed by atoms with Crippen molar-refractivity contribution in [3.63, 3.8) is 0 Å². The van der Waals surface area contributed by atoms with Crippen LogP contribution in [0, 0.1) is 0 Å². The predicted molar refractivity (Wildman–Crippen MR) is 234 cm³/mol. The van der Waals surface area contributed by atoms with E-state index in [2.05, 4.69) is 54.9 Å². The van der Waals surface area contributed by atoms with Crippen LogP contribution in [0.3, 0.4) is 0 Å². The number of fused-ring (bicyclic) bond motifs is 2. The van der Waals surface area contributed by atoms with Gasteiger partial charge in [-0.1, -0.05) is 54.6 Å². The van der Waals surface area contributed by atoms with Gasteiger partial charge in [0.1, 0.15) is 17.2 Å². The fourth-order valence-electron chi connectivity index (χ4n) is 8.23. The zero-order chi connectivity index (χ0) is 42.0. The number of hydrogen-bond donors (Lipinski definition) is 3. The molecule has 0 bridgehead atoms. The molecule has 2 aromatic heterocycles. The van der Waals surface area contributed by atoms with E-state index in [4.69, 9.17) is 14.2 Å². The largest absolute Gasteiger partial charge is 0.505 e. The lowest BCUT2D eigenvalue weighted by atomic mass is 10.0. The summed E-state index contributed by atoms with van der Waals surface area (Å²) in [4.78, 5) is 31.9. The fourth-order valence-corrected chi connectivity index (χ4v) is 8.23. The minimum absolute atomic E-state index is 0.0697. The minimum atomic E-state index is -0.861. The molecule has 2 amide bonds. The molecule has 10 rings (SSSR count). The molecule has 3 unspecified atom stereocenters. The molecule has 3 atom stereocenters. The first kappa shape index (κ1) is 38.6. The Labute approximate surface area is 357 Å². The van der Waals surface area contributed by atoms with Crippen LogP contribution in [-0.4, -0.2) is 81.0 Å². The van der Waals surface area contributed by atoms with E-state index in [0.29, 0.717) is 62.0 Å². The van der Waals surface area contributed by atoms with Gasteiger partial charge in [-0.05, 0) is 89.8 Å². The second-order valence-electron chi connectivity index (χ2n) is 15.6. The lowest BCUT2D eigenvalue weighted by Crippen LogP contribution is -2.51. The number of carbonyl (C=O) groups is 2. The quantitative estimate of drug-likeness (QED) is 0.123. The summed E-state index contributed by atoms with van der Waals surface area (Å²) < 4.78 is 21.8. The van der Waals surface area contributed by atoms with Crippen molar-refractivity contribution in [1.82, 2.24) is 24.9 Å². The number of carbonyl (C=O) groups excluding carboxylic acids is 2. The summed E-state index contributed by atoms with van der Waals surface area (Å²) in [7, 11) is 0. The Morgan fingerprint density at radius 1 is 0.677 bits per heavy atom. The van der Waals surface area contributed by atoms with Gasteiger partial charge >= 0.3 is 0 Å². The summed E-state index contributed by atoms with van der Waals surface area (Å²) >= 11 is 0. The highest BCUT2D eigenvalue weighted by Crippen LogP contribution is 2.42. The molecule has 14 nitrogen and oxygen atoms in total. The number of benzene rings is 5. The van der Waals surface area contributed by atoms with E-state index in [1.165, 1.54) is 0 Å². The molecule has 0 saturated carbocycles. The van der Waals surface area contributed by atoms with Crippen LogP contribution in [0.1, 0.15) is 17.5 Å². The molecule has 1 saturated heterocycles. The van der Waals surface area contributed by atoms with Gasteiger partial charge in [0, 0.05) is 50.0 Å². The topological polar surface area (TPSA) is 148 Å². The molecule has 3 aliphatic rings. The molecule has 14 heteroatoms. The summed E-state index contributed by atoms with van der Waals surface area (Å²) in [5.74, 6) is 0.394. The second kappa shape index (κ2) is 16.8. The maximum absolute atomic E-state index is 14.0. The van der Waals surface area contributed by atoms with Crippen molar-refractivity contribution >= 4 is 28.9 Å². The maximum atomic E-state index is 14.0. The Balaban J connectivity index is 0.877. The van der Waals surface area contributed by atoms with Crippen molar-refractivity contribution in [3.8, 4) is 39.8 Å². The number of anilines is 3. The summed E-state index contributed by atoms with van der Waals surface area (Å²) in [5.41, 5.74) is 7.10. The van der Waals surface area contributed by atoms with Crippen LogP contribution >= 0.6 is 0 Å². The van der Waals surface area contributed by atoms with E-state index in [1.807, 2.05) is 95.9 Å². The van der Waals surface area contributed by atoms with E-state index in [0.717, 1.165) is 40.3 Å². The summed E-state index contributed by atoms with van der Waals surface area (Å²) in [5, 5.41) is 26.4. The number of ether oxygens (including phenoxy) is 3. The minimum Gasteiger partial charge on any atom is -0.505 e. The number of nitrogens with one attached hydrogen (secondary N) is 2. The molecule has 312 valence electrons. The molecule has 0 radical (unpaired) electrons. The van der Waals surface area contributed by atoms with Crippen LogP contribution in [-0.2, 0) is 27.4 Å². The number of phenols is 1. The number of amides is 2. The van der Waals surface area contributed by atoms with Crippen LogP contribution in [0.5, 0.6) is 17.2 Å². The summed E-state index contributed by atoms with van der Waals surface area (Å²) in [6.07, 6.45) is 6.38. The number of para-hydroxylation sites is 3. The van der Waals surface area contributed by atoms with Crippen LogP contribution in [0.15, 0.2) is 146 Å². The van der Waals surface area contributed by atoms with Crippen molar-refractivity contribution in [3.05, 3.63) is 157 Å². The van der Waals surface area contributed by atoms with Gasteiger partial charge in [-0.2, -0.15) is 10.2 Å². The lowest BCUT2D eigenvalue weighted by Gasteiger charge is -2.36.